The van der Waals surface area contributed by atoms with Gasteiger partial charge in [0.2, 0.25) is 0 Å². The van der Waals surface area contributed by atoms with Crippen LogP contribution in [0.5, 0.6) is 0 Å². The fourth-order valence-corrected chi connectivity index (χ4v) is 0.991. The van der Waals surface area contributed by atoms with Gasteiger partial charge in [-0.1, -0.05) is 13.8 Å². The molecular weight excluding hydrogens is 112 g/mol. The third-order valence-electron chi connectivity index (χ3n) is 1.77. The molecule has 0 spiro atoms. The minimum Gasteiger partial charge on any atom is -0.164 e. The third kappa shape index (κ3) is 1.37. The van der Waals surface area contributed by atoms with Gasteiger partial charge in [-0.3, -0.25) is 0 Å². The summed E-state index contributed by atoms with van der Waals surface area (Å²) in [4.78, 5) is 0. The molecule has 0 saturated carbocycles. The molecule has 0 bridgehead atoms. The van der Waals surface area contributed by atoms with E-state index in [9.17, 15) is 0 Å². The summed E-state index contributed by atoms with van der Waals surface area (Å²) < 4.78 is 0. The maximum Gasteiger partial charge on any atom is 0.0307 e. The van der Waals surface area contributed by atoms with Crippen molar-refractivity contribution in [3.8, 4) is 0 Å². The molecule has 9 heavy (non-hydrogen) atoms. The molecule has 50 valence electrons. The second kappa shape index (κ2) is 2.76. The van der Waals surface area contributed by atoms with Gasteiger partial charge in [-0.15, -0.1) is 0 Å². The van der Waals surface area contributed by atoms with Crippen LogP contribution in [0, 0.1) is 11.8 Å². The van der Waals surface area contributed by atoms with Gasteiger partial charge in [0.1, 0.15) is 0 Å². The summed E-state index contributed by atoms with van der Waals surface area (Å²) >= 11 is 0. The lowest BCUT2D eigenvalue weighted by Crippen LogP contribution is -2.15. The molecular formula is C7H12N2. The molecule has 1 aliphatic heterocycles. The number of hydrogen-bond donors (Lipinski definition) is 0. The van der Waals surface area contributed by atoms with Gasteiger partial charge in [0.25, 0.3) is 0 Å². The Morgan fingerprint density at radius 2 is 2.00 bits per heavy atom. The van der Waals surface area contributed by atoms with Crippen LogP contribution >= 0.6 is 0 Å². The Hall–Kier alpha value is -0.660. The van der Waals surface area contributed by atoms with E-state index in [1.54, 1.807) is 0 Å². The highest BCUT2D eigenvalue weighted by molar-refractivity contribution is 5.73. The molecule has 1 rings (SSSR count). The summed E-state index contributed by atoms with van der Waals surface area (Å²) in [7, 11) is 0. The van der Waals surface area contributed by atoms with E-state index in [4.69, 9.17) is 0 Å². The van der Waals surface area contributed by atoms with Crippen LogP contribution < -0.4 is 0 Å². The van der Waals surface area contributed by atoms with E-state index in [2.05, 4.69) is 24.1 Å². The van der Waals surface area contributed by atoms with E-state index in [0.717, 1.165) is 6.42 Å². The summed E-state index contributed by atoms with van der Waals surface area (Å²) in [6.45, 7) is 4.34. The summed E-state index contributed by atoms with van der Waals surface area (Å²) in [6, 6.07) is 0. The van der Waals surface area contributed by atoms with Crippen molar-refractivity contribution in [3.05, 3.63) is 0 Å². The first kappa shape index (κ1) is 6.46. The lowest BCUT2D eigenvalue weighted by Gasteiger charge is -2.15. The van der Waals surface area contributed by atoms with Gasteiger partial charge in [-0.05, 0) is 6.42 Å². The second-order valence-electron chi connectivity index (χ2n) is 2.46. The molecule has 0 saturated heterocycles. The first-order chi connectivity index (χ1) is 4.34. The predicted molar refractivity (Wildman–Crippen MR) is 39.9 cm³/mol. The highest BCUT2D eigenvalue weighted by Crippen LogP contribution is 2.13. The third-order valence-corrected chi connectivity index (χ3v) is 1.77. The lowest BCUT2D eigenvalue weighted by atomic mass is 9.93. The van der Waals surface area contributed by atoms with Gasteiger partial charge in [0.05, 0.1) is 0 Å². The average Bonchev–Trinajstić information content (AvgIpc) is 1.89. The largest absolute Gasteiger partial charge is 0.164 e. The van der Waals surface area contributed by atoms with Crippen molar-refractivity contribution >= 4 is 12.4 Å². The van der Waals surface area contributed by atoms with Crippen molar-refractivity contribution in [2.24, 2.45) is 22.0 Å². The van der Waals surface area contributed by atoms with E-state index in [1.807, 2.05) is 12.4 Å². The van der Waals surface area contributed by atoms with Crippen molar-refractivity contribution in [1.29, 1.82) is 0 Å². The first-order valence-corrected chi connectivity index (χ1v) is 3.41. The summed E-state index contributed by atoms with van der Waals surface area (Å²) in [5.74, 6) is 1.19. The topological polar surface area (TPSA) is 24.7 Å². The standard InChI is InChI=1S/C7H12N2/c1-3-7-5-9-8-4-6(7)2/h4-7H,3H2,1-2H3. The molecule has 2 heteroatoms. The molecule has 1 heterocycles. The smallest absolute Gasteiger partial charge is 0.0307 e. The molecule has 0 aliphatic carbocycles. The number of hydrogen-bond acceptors (Lipinski definition) is 2. The molecule has 2 atom stereocenters. The second-order valence-corrected chi connectivity index (χ2v) is 2.46. The van der Waals surface area contributed by atoms with Crippen LogP contribution in [-0.4, -0.2) is 12.4 Å². The first-order valence-electron chi connectivity index (χ1n) is 3.41. The van der Waals surface area contributed by atoms with Crippen LogP contribution in [0.4, 0.5) is 0 Å². The van der Waals surface area contributed by atoms with Crippen molar-refractivity contribution in [2.75, 3.05) is 0 Å². The molecule has 2 nitrogen and oxygen atoms in total. The van der Waals surface area contributed by atoms with Crippen molar-refractivity contribution in [3.63, 3.8) is 0 Å². The highest BCUT2D eigenvalue weighted by Gasteiger charge is 2.12. The molecule has 0 N–H and O–H groups in total. The van der Waals surface area contributed by atoms with Gasteiger partial charge < -0.3 is 0 Å². The van der Waals surface area contributed by atoms with E-state index < -0.39 is 0 Å². The molecule has 0 fully saturated rings. The number of rotatable bonds is 1. The zero-order valence-electron chi connectivity index (χ0n) is 5.91. The van der Waals surface area contributed by atoms with Gasteiger partial charge in [-0.2, -0.15) is 10.2 Å². The Balaban J connectivity index is 2.55. The van der Waals surface area contributed by atoms with Gasteiger partial charge in [-0.25, -0.2) is 0 Å². The maximum absolute atomic E-state index is 3.82. The van der Waals surface area contributed by atoms with Gasteiger partial charge >= 0.3 is 0 Å². The van der Waals surface area contributed by atoms with Crippen molar-refractivity contribution in [2.45, 2.75) is 20.3 Å². The van der Waals surface area contributed by atoms with Crippen LogP contribution in [0.1, 0.15) is 20.3 Å². The molecule has 0 aromatic rings. The highest BCUT2D eigenvalue weighted by atomic mass is 15.2. The van der Waals surface area contributed by atoms with Crippen molar-refractivity contribution in [1.82, 2.24) is 0 Å². The molecule has 2 unspecified atom stereocenters. The Morgan fingerprint density at radius 3 is 2.44 bits per heavy atom. The fourth-order valence-electron chi connectivity index (χ4n) is 0.991. The van der Waals surface area contributed by atoms with Crippen LogP contribution in [0.25, 0.3) is 0 Å². The van der Waals surface area contributed by atoms with Crippen LogP contribution in [0.15, 0.2) is 10.2 Å². The summed E-state index contributed by atoms with van der Waals surface area (Å²) in [6.07, 6.45) is 5.01. The van der Waals surface area contributed by atoms with Crippen LogP contribution in [0.2, 0.25) is 0 Å². The Morgan fingerprint density at radius 1 is 1.33 bits per heavy atom. The normalized spacial score (nSPS) is 33.1. The minimum atomic E-state index is 0.576. The average molecular weight is 124 g/mol. The monoisotopic (exact) mass is 124 g/mol. The van der Waals surface area contributed by atoms with E-state index >= 15 is 0 Å². The maximum atomic E-state index is 3.82. The summed E-state index contributed by atoms with van der Waals surface area (Å²) in [5.41, 5.74) is 0. The van der Waals surface area contributed by atoms with E-state index in [-0.39, 0.29) is 0 Å². The molecule has 1 aliphatic rings. The Labute approximate surface area is 55.7 Å². The Bertz CT molecular complexity index is 138. The SMILES string of the molecule is CCC1C=NN=CC1C. The Kier molecular flexibility index (Phi) is 1.98. The quantitative estimate of drug-likeness (QED) is 0.508. The summed E-state index contributed by atoms with van der Waals surface area (Å²) in [5, 5.41) is 7.62. The minimum absolute atomic E-state index is 0.576. The lowest BCUT2D eigenvalue weighted by molar-refractivity contribution is 0.563. The van der Waals surface area contributed by atoms with Gasteiger partial charge in [0, 0.05) is 24.3 Å². The van der Waals surface area contributed by atoms with E-state index in [1.165, 1.54) is 0 Å². The molecule has 0 aromatic carbocycles. The molecule has 0 aromatic heterocycles. The zero-order chi connectivity index (χ0) is 6.69. The van der Waals surface area contributed by atoms with Crippen molar-refractivity contribution < 1.29 is 0 Å². The van der Waals surface area contributed by atoms with Crippen LogP contribution in [-0.2, 0) is 0 Å². The van der Waals surface area contributed by atoms with Gasteiger partial charge in [0.15, 0.2) is 0 Å². The van der Waals surface area contributed by atoms with Crippen LogP contribution in [0.3, 0.4) is 0 Å². The fraction of sp³-hybridized carbons (Fsp3) is 0.714. The predicted octanol–water partition coefficient (Wildman–Crippen LogP) is 1.72. The molecule has 0 radical (unpaired) electrons. The zero-order valence-corrected chi connectivity index (χ0v) is 5.91. The van der Waals surface area contributed by atoms with E-state index in [0.29, 0.717) is 11.8 Å². The number of nitrogens with zero attached hydrogens (tertiary/aromatic N) is 2. The molecule has 0 amide bonds.